The van der Waals surface area contributed by atoms with Gasteiger partial charge in [-0.15, -0.1) is 0 Å². The third kappa shape index (κ3) is 3.58. The van der Waals surface area contributed by atoms with Crippen molar-refractivity contribution >= 4 is 10.2 Å². The molecule has 4 rings (SSSR count). The van der Waals surface area contributed by atoms with Crippen LogP contribution in [0.25, 0.3) is 0 Å². The van der Waals surface area contributed by atoms with Crippen LogP contribution in [0.1, 0.15) is 30.5 Å². The molecule has 8 nitrogen and oxygen atoms in total. The molecular weight excluding hydrogens is 356 g/mol. The van der Waals surface area contributed by atoms with E-state index < -0.39 is 10.2 Å². The van der Waals surface area contributed by atoms with Crippen molar-refractivity contribution in [1.29, 1.82) is 0 Å². The van der Waals surface area contributed by atoms with Crippen molar-refractivity contribution in [2.45, 2.75) is 38.6 Å². The smallest absolute Gasteiger partial charge is 0.282 e. The Morgan fingerprint density at radius 3 is 2.50 bits per heavy atom. The van der Waals surface area contributed by atoms with Gasteiger partial charge in [0.2, 0.25) is 0 Å². The third-order valence-electron chi connectivity index (χ3n) is 5.65. The highest BCUT2D eigenvalue weighted by Crippen LogP contribution is 2.23. The second kappa shape index (κ2) is 7.38. The molecule has 9 heteroatoms. The Kier molecular flexibility index (Phi) is 5.13. The molecule has 2 saturated heterocycles. The Labute approximate surface area is 153 Å². The average Bonchev–Trinajstić information content (AvgIpc) is 3.10. The number of fused-ring (bicyclic) bond motifs is 1. The van der Waals surface area contributed by atoms with Crippen molar-refractivity contribution in [2.24, 2.45) is 5.92 Å². The summed E-state index contributed by atoms with van der Waals surface area (Å²) in [7, 11) is -3.40. The van der Waals surface area contributed by atoms with E-state index in [1.54, 1.807) is 15.1 Å². The molecule has 26 heavy (non-hydrogen) atoms. The van der Waals surface area contributed by atoms with E-state index in [0.717, 1.165) is 43.4 Å². The normalized spacial score (nSPS) is 23.2. The van der Waals surface area contributed by atoms with Crippen molar-refractivity contribution in [3.8, 4) is 0 Å². The Morgan fingerprint density at radius 1 is 1.08 bits per heavy atom. The van der Waals surface area contributed by atoms with Gasteiger partial charge in [-0.05, 0) is 43.6 Å². The lowest BCUT2D eigenvalue weighted by molar-refractivity contribution is 0.0691. The Morgan fingerprint density at radius 2 is 1.77 bits per heavy atom. The minimum absolute atomic E-state index is 0.0333. The van der Waals surface area contributed by atoms with E-state index in [1.165, 1.54) is 4.31 Å². The summed E-state index contributed by atoms with van der Waals surface area (Å²) in [6.07, 6.45) is 4.50. The lowest BCUT2D eigenvalue weighted by Gasteiger charge is -2.36. The van der Waals surface area contributed by atoms with E-state index in [0.29, 0.717) is 45.9 Å². The van der Waals surface area contributed by atoms with E-state index in [-0.39, 0.29) is 11.5 Å². The predicted octanol–water partition coefficient (Wildman–Crippen LogP) is 0.0210. The number of rotatable bonds is 4. The summed E-state index contributed by atoms with van der Waals surface area (Å²) >= 11 is 0. The van der Waals surface area contributed by atoms with Crippen LogP contribution in [0.4, 0.5) is 0 Å². The Balaban J connectivity index is 1.37. The fourth-order valence-corrected chi connectivity index (χ4v) is 5.69. The average molecular weight is 382 g/mol. The fourth-order valence-electron chi connectivity index (χ4n) is 4.08. The van der Waals surface area contributed by atoms with Crippen molar-refractivity contribution in [3.63, 3.8) is 0 Å². The molecule has 0 radical (unpaired) electrons. The zero-order valence-electron chi connectivity index (χ0n) is 15.0. The summed E-state index contributed by atoms with van der Waals surface area (Å²) in [6, 6.07) is 1.73. The molecular formula is C17H26N4O4S. The molecule has 3 aliphatic rings. The highest BCUT2D eigenvalue weighted by Gasteiger charge is 2.34. The number of hydrogen-bond donors (Lipinski definition) is 0. The lowest BCUT2D eigenvalue weighted by Crippen LogP contribution is -2.51. The van der Waals surface area contributed by atoms with Gasteiger partial charge in [0, 0.05) is 38.8 Å². The molecule has 2 fully saturated rings. The molecule has 0 saturated carbocycles. The first-order chi connectivity index (χ1) is 12.5. The third-order valence-corrected chi connectivity index (χ3v) is 7.69. The predicted molar refractivity (Wildman–Crippen MR) is 96.1 cm³/mol. The molecule has 0 spiro atoms. The molecule has 0 unspecified atom stereocenters. The number of nitrogens with zero attached hydrogens (tertiary/aromatic N) is 4. The van der Waals surface area contributed by atoms with E-state index in [9.17, 15) is 13.2 Å². The number of aromatic nitrogens is 2. The van der Waals surface area contributed by atoms with Gasteiger partial charge < -0.3 is 4.74 Å². The van der Waals surface area contributed by atoms with Crippen LogP contribution in [0.2, 0.25) is 0 Å². The van der Waals surface area contributed by atoms with E-state index in [1.807, 2.05) is 0 Å². The summed E-state index contributed by atoms with van der Waals surface area (Å²) < 4.78 is 35.4. The van der Waals surface area contributed by atoms with Gasteiger partial charge in [-0.25, -0.2) is 4.68 Å². The van der Waals surface area contributed by atoms with Crippen LogP contribution in [-0.4, -0.2) is 66.2 Å². The van der Waals surface area contributed by atoms with Crippen LogP contribution in [-0.2, 0) is 34.3 Å². The van der Waals surface area contributed by atoms with Gasteiger partial charge >= 0.3 is 0 Å². The molecule has 144 valence electrons. The standard InChI is InChI=1S/C17H26N4O4S/c22-17-12-15-2-1-3-16(15)18-21(17)13-14-4-6-19(7-5-14)26(23,24)20-8-10-25-11-9-20/h12,14H,1-11,13H2. The molecule has 3 heterocycles. The number of ether oxygens (including phenoxy) is 1. The van der Waals surface area contributed by atoms with Crippen molar-refractivity contribution in [1.82, 2.24) is 18.4 Å². The monoisotopic (exact) mass is 382 g/mol. The molecule has 1 aromatic heterocycles. The first-order valence-corrected chi connectivity index (χ1v) is 10.9. The molecule has 1 aliphatic carbocycles. The molecule has 0 amide bonds. The summed E-state index contributed by atoms with van der Waals surface area (Å²) in [5.41, 5.74) is 2.11. The van der Waals surface area contributed by atoms with Crippen LogP contribution < -0.4 is 5.56 Å². The zero-order valence-corrected chi connectivity index (χ0v) is 15.8. The fraction of sp³-hybridized carbons (Fsp3) is 0.765. The van der Waals surface area contributed by atoms with Crippen LogP contribution in [0.3, 0.4) is 0 Å². The second-order valence-electron chi connectivity index (χ2n) is 7.35. The SMILES string of the molecule is O=c1cc2c(nn1CC1CCN(S(=O)(=O)N3CCOCC3)CC1)CCC2. The molecule has 2 aliphatic heterocycles. The lowest BCUT2D eigenvalue weighted by atomic mass is 9.98. The molecule has 0 atom stereocenters. The van der Waals surface area contributed by atoms with E-state index in [2.05, 4.69) is 5.10 Å². The van der Waals surface area contributed by atoms with E-state index in [4.69, 9.17) is 4.74 Å². The molecule has 0 aromatic carbocycles. The minimum Gasteiger partial charge on any atom is -0.379 e. The van der Waals surface area contributed by atoms with Crippen molar-refractivity contribution < 1.29 is 13.2 Å². The van der Waals surface area contributed by atoms with Crippen LogP contribution in [0.5, 0.6) is 0 Å². The van der Waals surface area contributed by atoms with Gasteiger partial charge in [0.15, 0.2) is 0 Å². The number of morpholine rings is 1. The Bertz CT molecular complexity index is 809. The van der Waals surface area contributed by atoms with Crippen LogP contribution >= 0.6 is 0 Å². The van der Waals surface area contributed by atoms with Gasteiger partial charge in [-0.3, -0.25) is 4.79 Å². The summed E-state index contributed by atoms with van der Waals surface area (Å²) in [4.78, 5) is 12.3. The summed E-state index contributed by atoms with van der Waals surface area (Å²) in [5, 5.41) is 4.54. The van der Waals surface area contributed by atoms with Crippen molar-refractivity contribution in [3.05, 3.63) is 27.7 Å². The maximum atomic E-state index is 12.7. The zero-order chi connectivity index (χ0) is 18.1. The molecule has 1 aromatic rings. The van der Waals surface area contributed by atoms with Crippen molar-refractivity contribution in [2.75, 3.05) is 39.4 Å². The first kappa shape index (κ1) is 18.1. The first-order valence-electron chi connectivity index (χ1n) is 9.47. The highest BCUT2D eigenvalue weighted by atomic mass is 32.2. The second-order valence-corrected chi connectivity index (χ2v) is 9.28. The Hall–Kier alpha value is -1.29. The van der Waals surface area contributed by atoms with Gasteiger partial charge in [0.1, 0.15) is 0 Å². The highest BCUT2D eigenvalue weighted by molar-refractivity contribution is 7.86. The van der Waals surface area contributed by atoms with E-state index >= 15 is 0 Å². The van der Waals surface area contributed by atoms with Crippen LogP contribution in [0, 0.1) is 5.92 Å². The van der Waals surface area contributed by atoms with Gasteiger partial charge in [-0.1, -0.05) is 0 Å². The topological polar surface area (TPSA) is 84.7 Å². The summed E-state index contributed by atoms with van der Waals surface area (Å²) in [5.74, 6) is 0.288. The minimum atomic E-state index is -3.40. The maximum Gasteiger partial charge on any atom is 0.282 e. The van der Waals surface area contributed by atoms with Gasteiger partial charge in [-0.2, -0.15) is 22.1 Å². The maximum absolute atomic E-state index is 12.7. The summed E-state index contributed by atoms with van der Waals surface area (Å²) in [6.45, 7) is 3.37. The number of piperidine rings is 1. The van der Waals surface area contributed by atoms with Gasteiger partial charge in [0.25, 0.3) is 15.8 Å². The quantitative estimate of drug-likeness (QED) is 0.733. The molecule has 0 bridgehead atoms. The number of hydrogen-bond acceptors (Lipinski definition) is 5. The number of aryl methyl sites for hydroxylation is 2. The largest absolute Gasteiger partial charge is 0.379 e. The molecule has 0 N–H and O–H groups in total. The van der Waals surface area contributed by atoms with Gasteiger partial charge in [0.05, 0.1) is 18.9 Å². The van der Waals surface area contributed by atoms with Crippen LogP contribution in [0.15, 0.2) is 10.9 Å².